The van der Waals surface area contributed by atoms with E-state index in [-0.39, 0.29) is 0 Å². The molecule has 0 unspecified atom stereocenters. The Labute approximate surface area is 73.0 Å². The fourth-order valence-electron chi connectivity index (χ4n) is 0.806. The summed E-state index contributed by atoms with van der Waals surface area (Å²) in [7, 11) is 0. The molecular weight excluding hydrogens is 148 g/mol. The Morgan fingerprint density at radius 2 is 1.83 bits per heavy atom. The lowest BCUT2D eigenvalue weighted by Crippen LogP contribution is -1.69. The summed E-state index contributed by atoms with van der Waals surface area (Å²) in [5.74, 6) is 0. The first-order valence-corrected chi connectivity index (χ1v) is 3.91. The molecule has 0 aliphatic heterocycles. The van der Waals surface area contributed by atoms with Gasteiger partial charge in [0.15, 0.2) is 0 Å². The maximum absolute atomic E-state index is 5.03. The molecule has 0 aromatic heterocycles. The molecule has 1 heteroatoms. The quantitative estimate of drug-likeness (QED) is 0.617. The summed E-state index contributed by atoms with van der Waals surface area (Å²) in [6, 6.07) is 10.0. The van der Waals surface area contributed by atoms with Gasteiger partial charge in [0.1, 0.15) is 0 Å². The van der Waals surface area contributed by atoms with Crippen LogP contribution in [0.1, 0.15) is 12.5 Å². The molecule has 0 radical (unpaired) electrons. The highest BCUT2D eigenvalue weighted by molar-refractivity contribution is 5.47. The van der Waals surface area contributed by atoms with E-state index in [1.807, 2.05) is 49.4 Å². The van der Waals surface area contributed by atoms with E-state index in [0.29, 0.717) is 0 Å². The third-order valence-corrected chi connectivity index (χ3v) is 1.35. The second-order valence-corrected chi connectivity index (χ2v) is 2.32. The zero-order valence-corrected chi connectivity index (χ0v) is 7.10. The van der Waals surface area contributed by atoms with Gasteiger partial charge in [-0.25, -0.2) is 0 Å². The van der Waals surface area contributed by atoms with E-state index < -0.39 is 0 Å². The molecule has 0 N–H and O–H groups in total. The number of allylic oxidation sites excluding steroid dienone is 1. The maximum atomic E-state index is 5.03. The van der Waals surface area contributed by atoms with Crippen LogP contribution in [0.2, 0.25) is 0 Å². The molecule has 0 bridgehead atoms. The molecule has 12 heavy (non-hydrogen) atoms. The van der Waals surface area contributed by atoms with Crippen molar-refractivity contribution in [3.05, 3.63) is 54.5 Å². The second kappa shape index (κ2) is 5.19. The van der Waals surface area contributed by atoms with Gasteiger partial charge in [0, 0.05) is 0 Å². The van der Waals surface area contributed by atoms with Crippen LogP contribution in [-0.2, 0) is 4.74 Å². The first-order chi connectivity index (χ1) is 5.93. The fourth-order valence-corrected chi connectivity index (χ4v) is 0.806. The summed E-state index contributed by atoms with van der Waals surface area (Å²) < 4.78 is 5.03. The van der Waals surface area contributed by atoms with Gasteiger partial charge < -0.3 is 4.74 Å². The summed E-state index contributed by atoms with van der Waals surface area (Å²) in [5.41, 5.74) is 1.14. The predicted octanol–water partition coefficient (Wildman–Crippen LogP) is 3.21. The van der Waals surface area contributed by atoms with Gasteiger partial charge in [-0.05, 0) is 18.6 Å². The van der Waals surface area contributed by atoms with Gasteiger partial charge in [-0.1, -0.05) is 36.4 Å². The standard InChI is InChI=1S/C11H12O/c1-2-9-12-10-8-11-6-4-3-5-7-11/h2-10H,1H3. The van der Waals surface area contributed by atoms with Gasteiger partial charge in [0.25, 0.3) is 0 Å². The van der Waals surface area contributed by atoms with Crippen LogP contribution < -0.4 is 0 Å². The minimum absolute atomic E-state index is 1.14. The van der Waals surface area contributed by atoms with Crippen LogP contribution in [-0.4, -0.2) is 0 Å². The van der Waals surface area contributed by atoms with Crippen LogP contribution in [0, 0.1) is 0 Å². The normalized spacial score (nSPS) is 11.1. The summed E-state index contributed by atoms with van der Waals surface area (Å²) >= 11 is 0. The van der Waals surface area contributed by atoms with Crippen LogP contribution in [0.4, 0.5) is 0 Å². The van der Waals surface area contributed by atoms with E-state index in [1.54, 1.807) is 12.5 Å². The molecule has 62 valence electrons. The van der Waals surface area contributed by atoms with Crippen LogP contribution in [0.3, 0.4) is 0 Å². The monoisotopic (exact) mass is 160 g/mol. The smallest absolute Gasteiger partial charge is 0.0907 e. The molecule has 1 aromatic carbocycles. The van der Waals surface area contributed by atoms with Gasteiger partial charge in [-0.15, -0.1) is 0 Å². The molecule has 0 aliphatic carbocycles. The van der Waals surface area contributed by atoms with E-state index in [2.05, 4.69) is 0 Å². The molecule has 0 saturated carbocycles. The van der Waals surface area contributed by atoms with Gasteiger partial charge in [0.2, 0.25) is 0 Å². The van der Waals surface area contributed by atoms with E-state index in [9.17, 15) is 0 Å². The van der Waals surface area contributed by atoms with Crippen LogP contribution >= 0.6 is 0 Å². The predicted molar refractivity (Wildman–Crippen MR) is 51.4 cm³/mol. The Bertz CT molecular complexity index is 260. The minimum atomic E-state index is 1.14. The topological polar surface area (TPSA) is 9.23 Å². The van der Waals surface area contributed by atoms with Crippen molar-refractivity contribution in [2.24, 2.45) is 0 Å². The third kappa shape index (κ3) is 3.06. The van der Waals surface area contributed by atoms with Crippen molar-refractivity contribution >= 4 is 6.08 Å². The van der Waals surface area contributed by atoms with Crippen molar-refractivity contribution in [2.45, 2.75) is 6.92 Å². The van der Waals surface area contributed by atoms with E-state index in [0.717, 1.165) is 5.56 Å². The van der Waals surface area contributed by atoms with Crippen LogP contribution in [0.15, 0.2) is 48.9 Å². The molecule has 0 amide bonds. The Kier molecular flexibility index (Phi) is 3.72. The minimum Gasteiger partial charge on any atom is -0.473 e. The molecule has 0 saturated heterocycles. The van der Waals surface area contributed by atoms with Crippen molar-refractivity contribution in [3.8, 4) is 0 Å². The SMILES string of the molecule is CC=COC=Cc1ccccc1. The molecule has 0 heterocycles. The van der Waals surface area contributed by atoms with Crippen LogP contribution in [0.5, 0.6) is 0 Å². The molecular formula is C11H12O. The summed E-state index contributed by atoms with van der Waals surface area (Å²) in [5, 5.41) is 0. The number of rotatable bonds is 3. The van der Waals surface area contributed by atoms with Gasteiger partial charge in [-0.2, -0.15) is 0 Å². The van der Waals surface area contributed by atoms with Gasteiger partial charge >= 0.3 is 0 Å². The molecule has 1 aromatic rings. The molecule has 0 spiro atoms. The van der Waals surface area contributed by atoms with E-state index >= 15 is 0 Å². The number of hydrogen-bond donors (Lipinski definition) is 0. The Morgan fingerprint density at radius 3 is 2.50 bits per heavy atom. The highest BCUT2D eigenvalue weighted by Crippen LogP contribution is 2.00. The van der Waals surface area contributed by atoms with Gasteiger partial charge in [0.05, 0.1) is 12.5 Å². The lowest BCUT2D eigenvalue weighted by atomic mass is 10.2. The fraction of sp³-hybridized carbons (Fsp3) is 0.0909. The first-order valence-electron chi connectivity index (χ1n) is 3.91. The zero-order chi connectivity index (χ0) is 8.65. The molecule has 0 atom stereocenters. The number of hydrogen-bond acceptors (Lipinski definition) is 1. The average molecular weight is 160 g/mol. The van der Waals surface area contributed by atoms with Crippen molar-refractivity contribution in [3.63, 3.8) is 0 Å². The summed E-state index contributed by atoms with van der Waals surface area (Å²) in [6.45, 7) is 1.91. The van der Waals surface area contributed by atoms with Crippen molar-refractivity contribution in [1.29, 1.82) is 0 Å². The van der Waals surface area contributed by atoms with Crippen molar-refractivity contribution < 1.29 is 4.74 Å². The zero-order valence-electron chi connectivity index (χ0n) is 7.10. The number of ether oxygens (including phenoxy) is 1. The molecule has 1 rings (SSSR count). The lowest BCUT2D eigenvalue weighted by Gasteiger charge is -1.90. The second-order valence-electron chi connectivity index (χ2n) is 2.32. The number of benzene rings is 1. The van der Waals surface area contributed by atoms with Crippen molar-refractivity contribution in [2.75, 3.05) is 0 Å². The molecule has 0 aliphatic rings. The lowest BCUT2D eigenvalue weighted by molar-refractivity contribution is 0.405. The van der Waals surface area contributed by atoms with Crippen molar-refractivity contribution in [1.82, 2.24) is 0 Å². The Morgan fingerprint density at radius 1 is 1.08 bits per heavy atom. The largest absolute Gasteiger partial charge is 0.473 e. The average Bonchev–Trinajstić information content (AvgIpc) is 2.14. The maximum Gasteiger partial charge on any atom is 0.0907 e. The van der Waals surface area contributed by atoms with Crippen LogP contribution in [0.25, 0.3) is 6.08 Å². The molecule has 0 fully saturated rings. The third-order valence-electron chi connectivity index (χ3n) is 1.35. The molecule has 1 nitrogen and oxygen atoms in total. The van der Waals surface area contributed by atoms with E-state index in [4.69, 9.17) is 4.74 Å². The summed E-state index contributed by atoms with van der Waals surface area (Å²) in [6.07, 6.45) is 7.06. The highest BCUT2D eigenvalue weighted by Gasteiger charge is 1.80. The first kappa shape index (κ1) is 8.60. The Balaban J connectivity index is 2.47. The van der Waals surface area contributed by atoms with E-state index in [1.165, 1.54) is 0 Å². The summed E-state index contributed by atoms with van der Waals surface area (Å²) in [4.78, 5) is 0. The Hall–Kier alpha value is -1.50. The van der Waals surface area contributed by atoms with Gasteiger partial charge in [-0.3, -0.25) is 0 Å². The highest BCUT2D eigenvalue weighted by atomic mass is 16.5.